The molecule has 0 radical (unpaired) electrons. The van der Waals surface area contributed by atoms with Gasteiger partial charge in [0.2, 0.25) is 5.75 Å². The van der Waals surface area contributed by atoms with Gasteiger partial charge in [-0.05, 0) is 0 Å². The highest BCUT2D eigenvalue weighted by Crippen LogP contribution is 2.39. The number of aromatic nitrogens is 4. The predicted molar refractivity (Wildman–Crippen MR) is 112 cm³/mol. The first kappa shape index (κ1) is 19.6. The average molecular weight is 409 g/mol. The number of benzene rings is 1. The number of rotatable bonds is 7. The minimum Gasteiger partial charge on any atom is -0.493 e. The van der Waals surface area contributed by atoms with Crippen LogP contribution in [0, 0.1) is 0 Å². The van der Waals surface area contributed by atoms with Gasteiger partial charge in [-0.3, -0.25) is 0 Å². The fourth-order valence-electron chi connectivity index (χ4n) is 3.09. The Morgan fingerprint density at radius 2 is 1.77 bits per heavy atom. The Bertz CT molecular complexity index is 1160. The fourth-order valence-corrected chi connectivity index (χ4v) is 3.09. The Kier molecular flexibility index (Phi) is 5.18. The first-order valence-electron chi connectivity index (χ1n) is 9.40. The van der Waals surface area contributed by atoms with Gasteiger partial charge in [-0.25, -0.2) is 15.0 Å². The molecule has 3 aromatic heterocycles. The molecule has 0 fully saturated rings. The summed E-state index contributed by atoms with van der Waals surface area (Å²) in [6.07, 6.45) is 5.13. The molecule has 156 valence electrons. The van der Waals surface area contributed by atoms with Crippen LogP contribution in [-0.4, -0.2) is 40.8 Å². The Hall–Kier alpha value is -3.75. The normalized spacial score (nSPS) is 11.1. The number of furan rings is 1. The number of hydrogen-bond donors (Lipinski definition) is 1. The van der Waals surface area contributed by atoms with E-state index in [1.807, 2.05) is 42.8 Å². The summed E-state index contributed by atoms with van der Waals surface area (Å²) in [4.78, 5) is 13.6. The van der Waals surface area contributed by atoms with Gasteiger partial charge < -0.3 is 28.5 Å². The minimum atomic E-state index is 0.182. The topological polar surface area (TPSA) is 96.5 Å². The summed E-state index contributed by atoms with van der Waals surface area (Å²) in [5.41, 5.74) is 2.14. The third-order valence-corrected chi connectivity index (χ3v) is 4.61. The molecule has 1 aromatic carbocycles. The van der Waals surface area contributed by atoms with Gasteiger partial charge in [0.15, 0.2) is 22.9 Å². The van der Waals surface area contributed by atoms with Crippen LogP contribution in [0.15, 0.2) is 41.4 Å². The van der Waals surface area contributed by atoms with E-state index in [1.54, 1.807) is 33.9 Å². The van der Waals surface area contributed by atoms with Crippen molar-refractivity contribution in [3.8, 4) is 22.9 Å². The Labute approximate surface area is 173 Å². The van der Waals surface area contributed by atoms with Gasteiger partial charge in [0.1, 0.15) is 23.5 Å². The molecule has 30 heavy (non-hydrogen) atoms. The largest absolute Gasteiger partial charge is 0.493 e. The molecule has 0 saturated carbocycles. The second-order valence-corrected chi connectivity index (χ2v) is 6.89. The molecular formula is C21H23N5O4. The fraction of sp³-hybridized carbons (Fsp3) is 0.286. The van der Waals surface area contributed by atoms with Crippen molar-refractivity contribution < 1.29 is 18.6 Å². The monoisotopic (exact) mass is 409 g/mol. The molecular weight excluding hydrogens is 386 g/mol. The lowest BCUT2D eigenvalue weighted by molar-refractivity contribution is 0.324. The van der Waals surface area contributed by atoms with E-state index in [9.17, 15) is 0 Å². The smallest absolute Gasteiger partial charge is 0.203 e. The Balaban J connectivity index is 1.69. The number of hydrogen-bond acceptors (Lipinski definition) is 8. The van der Waals surface area contributed by atoms with Crippen LogP contribution in [0.1, 0.15) is 25.6 Å². The zero-order valence-electron chi connectivity index (χ0n) is 17.5. The van der Waals surface area contributed by atoms with E-state index in [0.29, 0.717) is 34.5 Å². The second-order valence-electron chi connectivity index (χ2n) is 6.89. The molecule has 0 aliphatic rings. The maximum Gasteiger partial charge on any atom is 0.203 e. The van der Waals surface area contributed by atoms with E-state index in [1.165, 1.54) is 0 Å². The van der Waals surface area contributed by atoms with Gasteiger partial charge in [-0.2, -0.15) is 0 Å². The number of fused-ring (bicyclic) bond motifs is 1. The van der Waals surface area contributed by atoms with Crippen molar-refractivity contribution in [3.05, 3.63) is 42.8 Å². The minimum absolute atomic E-state index is 0.182. The van der Waals surface area contributed by atoms with E-state index < -0.39 is 0 Å². The van der Waals surface area contributed by atoms with Crippen LogP contribution in [0.25, 0.3) is 16.8 Å². The maximum atomic E-state index is 5.56. The number of anilines is 2. The van der Waals surface area contributed by atoms with Crippen LogP contribution in [0.4, 0.5) is 11.6 Å². The predicted octanol–water partition coefficient (Wildman–Crippen LogP) is 4.30. The molecule has 1 N–H and O–H groups in total. The quantitative estimate of drug-likeness (QED) is 0.483. The van der Waals surface area contributed by atoms with Crippen molar-refractivity contribution in [2.45, 2.75) is 19.8 Å². The van der Waals surface area contributed by atoms with E-state index in [0.717, 1.165) is 17.0 Å². The zero-order chi connectivity index (χ0) is 21.3. The van der Waals surface area contributed by atoms with Crippen LogP contribution >= 0.6 is 0 Å². The highest BCUT2D eigenvalue weighted by Gasteiger charge is 2.16. The molecule has 3 heterocycles. The summed E-state index contributed by atoms with van der Waals surface area (Å²) in [6, 6.07) is 5.51. The summed E-state index contributed by atoms with van der Waals surface area (Å²) < 4.78 is 23.7. The lowest BCUT2D eigenvalue weighted by atomic mass is 10.2. The van der Waals surface area contributed by atoms with E-state index in [-0.39, 0.29) is 5.92 Å². The summed E-state index contributed by atoms with van der Waals surface area (Å²) in [7, 11) is 4.73. The maximum absolute atomic E-state index is 5.56. The lowest BCUT2D eigenvalue weighted by Gasteiger charge is -2.14. The molecule has 9 heteroatoms. The van der Waals surface area contributed by atoms with Gasteiger partial charge >= 0.3 is 0 Å². The second kappa shape index (κ2) is 7.94. The Morgan fingerprint density at radius 1 is 1.03 bits per heavy atom. The molecule has 0 aliphatic heterocycles. The van der Waals surface area contributed by atoms with Crippen molar-refractivity contribution in [2.75, 3.05) is 26.6 Å². The van der Waals surface area contributed by atoms with Crippen molar-refractivity contribution in [1.29, 1.82) is 0 Å². The van der Waals surface area contributed by atoms with Crippen molar-refractivity contribution in [1.82, 2.24) is 19.5 Å². The summed E-state index contributed by atoms with van der Waals surface area (Å²) in [5, 5.41) is 3.23. The van der Waals surface area contributed by atoms with E-state index in [4.69, 9.17) is 18.6 Å². The van der Waals surface area contributed by atoms with Crippen LogP contribution in [0.5, 0.6) is 17.2 Å². The number of imidazole rings is 1. The molecule has 0 atom stereocenters. The first-order valence-corrected chi connectivity index (χ1v) is 9.40. The van der Waals surface area contributed by atoms with Crippen molar-refractivity contribution in [3.63, 3.8) is 0 Å². The van der Waals surface area contributed by atoms with Crippen molar-refractivity contribution >= 4 is 22.7 Å². The summed E-state index contributed by atoms with van der Waals surface area (Å²) in [5.74, 6) is 3.75. The molecule has 0 saturated heterocycles. The van der Waals surface area contributed by atoms with Gasteiger partial charge in [0.25, 0.3) is 0 Å². The van der Waals surface area contributed by atoms with Gasteiger partial charge in [-0.15, -0.1) is 0 Å². The standard InChI is InChI=1S/C21H23N5O4/c1-12(2)20-23-14-6-7-30-18(14)21(25-20)24-17-10-26(11-22-17)13-8-15(27-3)19(29-5)16(9-13)28-4/h6-12H,1-5H3,(H,23,24,25). The molecule has 0 spiro atoms. The van der Waals surface area contributed by atoms with Crippen LogP contribution in [-0.2, 0) is 0 Å². The molecule has 4 aromatic rings. The van der Waals surface area contributed by atoms with Crippen LogP contribution in [0.2, 0.25) is 0 Å². The van der Waals surface area contributed by atoms with Crippen molar-refractivity contribution in [2.24, 2.45) is 0 Å². The molecule has 0 bridgehead atoms. The van der Waals surface area contributed by atoms with Crippen LogP contribution in [0.3, 0.4) is 0 Å². The number of nitrogens with one attached hydrogen (secondary N) is 1. The third-order valence-electron chi connectivity index (χ3n) is 4.61. The average Bonchev–Trinajstić information content (AvgIpc) is 3.42. The van der Waals surface area contributed by atoms with E-state index in [2.05, 4.69) is 20.3 Å². The van der Waals surface area contributed by atoms with Crippen LogP contribution < -0.4 is 19.5 Å². The number of ether oxygens (including phenoxy) is 3. The molecule has 0 amide bonds. The number of nitrogens with zero attached hydrogens (tertiary/aromatic N) is 4. The highest BCUT2D eigenvalue weighted by molar-refractivity contribution is 5.85. The summed E-state index contributed by atoms with van der Waals surface area (Å²) in [6.45, 7) is 4.09. The number of methoxy groups -OCH3 is 3. The molecule has 9 nitrogen and oxygen atoms in total. The zero-order valence-corrected chi connectivity index (χ0v) is 17.5. The lowest BCUT2D eigenvalue weighted by Crippen LogP contribution is -2.02. The van der Waals surface area contributed by atoms with E-state index >= 15 is 0 Å². The Morgan fingerprint density at radius 3 is 2.40 bits per heavy atom. The highest BCUT2D eigenvalue weighted by atomic mass is 16.5. The first-order chi connectivity index (χ1) is 14.5. The van der Waals surface area contributed by atoms with Gasteiger partial charge in [0, 0.05) is 24.1 Å². The third kappa shape index (κ3) is 3.49. The summed E-state index contributed by atoms with van der Waals surface area (Å²) >= 11 is 0. The molecule has 4 rings (SSSR count). The van der Waals surface area contributed by atoms with Gasteiger partial charge in [-0.1, -0.05) is 13.8 Å². The SMILES string of the molecule is COc1cc(-n2cnc(Nc3nc(C(C)C)nc4ccoc34)c2)cc(OC)c1OC. The molecule has 0 unspecified atom stereocenters. The molecule has 0 aliphatic carbocycles. The van der Waals surface area contributed by atoms with Gasteiger partial charge in [0.05, 0.1) is 39.5 Å².